The van der Waals surface area contributed by atoms with E-state index in [1.165, 1.54) is 315 Å². The number of unbranched alkanes of at least 4 members (excludes halogenated alkanes) is 52. The number of carbonyl (C=O) groups excluding carboxylic acids is 2. The molecule has 6 heteroatoms. The molecule has 0 aromatic rings. The van der Waals surface area contributed by atoms with Gasteiger partial charge in [0.2, 0.25) is 5.91 Å². The van der Waals surface area contributed by atoms with Gasteiger partial charge in [0.25, 0.3) is 0 Å². The highest BCUT2D eigenvalue weighted by molar-refractivity contribution is 5.76. The van der Waals surface area contributed by atoms with Gasteiger partial charge in [-0.25, -0.2) is 0 Å². The Kier molecular flexibility index (Phi) is 66.9. The molecule has 0 aliphatic heterocycles. The van der Waals surface area contributed by atoms with Crippen molar-refractivity contribution in [3.8, 4) is 0 Å². The molecule has 2 atom stereocenters. The van der Waals surface area contributed by atoms with Crippen LogP contribution in [0.15, 0.2) is 36.5 Å². The second-order valence-electron chi connectivity index (χ2n) is 24.6. The van der Waals surface area contributed by atoms with Gasteiger partial charge in [0.15, 0.2) is 0 Å². The fourth-order valence-electron chi connectivity index (χ4n) is 11.2. The molecule has 0 saturated heterocycles. The number of amides is 1. The second kappa shape index (κ2) is 68.6. The maximum absolute atomic E-state index is 12.5. The maximum atomic E-state index is 12.5. The van der Waals surface area contributed by atoms with Crippen molar-refractivity contribution >= 4 is 11.9 Å². The molecule has 0 radical (unpaired) electrons. The molecule has 79 heavy (non-hydrogen) atoms. The summed E-state index contributed by atoms with van der Waals surface area (Å²) in [7, 11) is 0. The normalized spacial score (nSPS) is 12.7. The van der Waals surface area contributed by atoms with Crippen LogP contribution in [0, 0.1) is 0 Å². The number of aliphatic hydroxyl groups is 2. The first-order valence-corrected chi connectivity index (χ1v) is 35.8. The summed E-state index contributed by atoms with van der Waals surface area (Å²) < 4.78 is 5.49. The van der Waals surface area contributed by atoms with Crippen LogP contribution in [0.4, 0.5) is 0 Å². The molecule has 466 valence electrons. The van der Waals surface area contributed by atoms with Crippen molar-refractivity contribution < 1.29 is 24.5 Å². The Labute approximate surface area is 494 Å². The average molecular weight is 1110 g/mol. The largest absolute Gasteiger partial charge is 0.466 e. The van der Waals surface area contributed by atoms with Crippen molar-refractivity contribution in [3.05, 3.63) is 36.5 Å². The van der Waals surface area contributed by atoms with E-state index in [1.807, 2.05) is 6.08 Å². The number of ether oxygens (including phenoxy) is 1. The smallest absolute Gasteiger partial charge is 0.305 e. The van der Waals surface area contributed by atoms with Crippen molar-refractivity contribution in [1.29, 1.82) is 0 Å². The number of allylic oxidation sites excluding steroid dienone is 5. The highest BCUT2D eigenvalue weighted by Crippen LogP contribution is 2.18. The maximum Gasteiger partial charge on any atom is 0.305 e. The molecule has 0 aliphatic rings. The Hall–Kier alpha value is -1.92. The van der Waals surface area contributed by atoms with Crippen LogP contribution in [-0.2, 0) is 14.3 Å². The number of hydrogen-bond donors (Lipinski definition) is 3. The second-order valence-corrected chi connectivity index (χ2v) is 24.6. The number of esters is 1. The summed E-state index contributed by atoms with van der Waals surface area (Å²) in [6, 6.07) is -0.636. The number of aliphatic hydroxyl groups excluding tert-OH is 2. The SMILES string of the molecule is CCCCCCCC/C=C\CCCCCCCCCC(=O)OCCCCCCCCCCC/C=C\CCCCCCCCCC(=O)NC(CO)C(O)/C=C/CCCCCCCCCCCCCCCCCCCCCCCCC. The molecule has 0 heterocycles. The predicted molar refractivity (Wildman–Crippen MR) is 347 cm³/mol. The molecule has 6 nitrogen and oxygen atoms in total. The first-order valence-electron chi connectivity index (χ1n) is 35.8. The Bertz CT molecular complexity index is 1280. The van der Waals surface area contributed by atoms with Crippen LogP contribution in [0.3, 0.4) is 0 Å². The summed E-state index contributed by atoms with van der Waals surface area (Å²) in [5.74, 6) is -0.0698. The minimum atomic E-state index is -0.852. The number of hydrogen-bond acceptors (Lipinski definition) is 5. The lowest BCUT2D eigenvalue weighted by Gasteiger charge is -2.20. The predicted octanol–water partition coefficient (Wildman–Crippen LogP) is 23.1. The van der Waals surface area contributed by atoms with Gasteiger partial charge in [0.1, 0.15) is 0 Å². The summed E-state index contributed by atoms with van der Waals surface area (Å²) in [5.41, 5.74) is 0. The van der Waals surface area contributed by atoms with E-state index < -0.39 is 12.1 Å². The Morgan fingerprint density at radius 3 is 0.899 bits per heavy atom. The molecule has 0 fully saturated rings. The van der Waals surface area contributed by atoms with Gasteiger partial charge in [-0.3, -0.25) is 9.59 Å². The lowest BCUT2D eigenvalue weighted by atomic mass is 10.0. The molecule has 0 aliphatic carbocycles. The van der Waals surface area contributed by atoms with E-state index in [9.17, 15) is 19.8 Å². The van der Waals surface area contributed by atoms with E-state index in [-0.39, 0.29) is 18.5 Å². The fraction of sp³-hybridized carbons (Fsp3) is 0.890. The summed E-state index contributed by atoms with van der Waals surface area (Å²) in [6.07, 6.45) is 87.9. The van der Waals surface area contributed by atoms with Crippen LogP contribution < -0.4 is 5.32 Å². The quantitative estimate of drug-likeness (QED) is 0.0320. The van der Waals surface area contributed by atoms with Gasteiger partial charge in [-0.05, 0) is 83.5 Å². The fourth-order valence-corrected chi connectivity index (χ4v) is 11.2. The molecule has 0 saturated carbocycles. The monoisotopic (exact) mass is 1110 g/mol. The number of nitrogens with one attached hydrogen (secondary N) is 1. The van der Waals surface area contributed by atoms with Crippen molar-refractivity contribution in [2.75, 3.05) is 13.2 Å². The van der Waals surface area contributed by atoms with Crippen LogP contribution >= 0.6 is 0 Å². The first kappa shape index (κ1) is 77.1. The molecular weight excluding hydrogens is 971 g/mol. The van der Waals surface area contributed by atoms with Crippen LogP contribution in [0.2, 0.25) is 0 Å². The summed E-state index contributed by atoms with van der Waals surface area (Å²) in [6.45, 7) is 4.92. The standard InChI is InChI=1S/C73H139NO5/c1-3-5-7-9-11-13-15-17-19-21-22-23-24-25-26-27-30-34-37-41-45-49-53-57-61-65-71(76)70(69-75)74-72(77)66-62-58-54-50-46-42-38-35-31-28-29-32-36-40-44-48-52-56-60-64-68-79-73(78)67-63-59-55-51-47-43-39-33-20-18-16-14-12-10-8-6-4-2/h18,20,28,31,61,65,70-71,75-76H,3-17,19,21-27,29-30,32-60,62-64,66-69H2,1-2H3,(H,74,77)/b20-18-,31-28-,65-61+. The third kappa shape index (κ3) is 65.1. The van der Waals surface area contributed by atoms with Crippen molar-refractivity contribution in [1.82, 2.24) is 5.32 Å². The van der Waals surface area contributed by atoms with E-state index in [1.54, 1.807) is 6.08 Å². The Balaban J connectivity index is 3.45. The topological polar surface area (TPSA) is 95.9 Å². The molecule has 3 N–H and O–H groups in total. The van der Waals surface area contributed by atoms with E-state index in [4.69, 9.17) is 4.74 Å². The van der Waals surface area contributed by atoms with Gasteiger partial charge in [-0.1, -0.05) is 333 Å². The molecule has 0 aromatic carbocycles. The molecular formula is C73H139NO5. The summed E-state index contributed by atoms with van der Waals surface area (Å²) in [4.78, 5) is 24.6. The van der Waals surface area contributed by atoms with Gasteiger partial charge in [-0.2, -0.15) is 0 Å². The van der Waals surface area contributed by atoms with Gasteiger partial charge in [-0.15, -0.1) is 0 Å². The number of carbonyl (C=O) groups is 2. The molecule has 1 amide bonds. The third-order valence-corrected chi connectivity index (χ3v) is 16.6. The molecule has 0 bridgehead atoms. The molecule has 0 aromatic heterocycles. The van der Waals surface area contributed by atoms with Gasteiger partial charge >= 0.3 is 5.97 Å². The lowest BCUT2D eigenvalue weighted by Crippen LogP contribution is -2.45. The van der Waals surface area contributed by atoms with Crippen LogP contribution in [0.5, 0.6) is 0 Å². The lowest BCUT2D eigenvalue weighted by molar-refractivity contribution is -0.143. The van der Waals surface area contributed by atoms with E-state index in [0.29, 0.717) is 19.4 Å². The Morgan fingerprint density at radius 2 is 0.595 bits per heavy atom. The molecule has 2 unspecified atom stereocenters. The average Bonchev–Trinajstić information content (AvgIpc) is 3.45. The van der Waals surface area contributed by atoms with Crippen molar-refractivity contribution in [2.45, 2.75) is 405 Å². The van der Waals surface area contributed by atoms with Crippen molar-refractivity contribution in [3.63, 3.8) is 0 Å². The summed E-state index contributed by atoms with van der Waals surface area (Å²) >= 11 is 0. The highest BCUT2D eigenvalue weighted by atomic mass is 16.5. The third-order valence-electron chi connectivity index (χ3n) is 16.6. The van der Waals surface area contributed by atoms with Crippen LogP contribution in [-0.4, -0.2) is 47.4 Å². The first-order chi connectivity index (χ1) is 39.0. The number of rotatable bonds is 67. The summed E-state index contributed by atoms with van der Waals surface area (Å²) in [5, 5.41) is 23.3. The van der Waals surface area contributed by atoms with Crippen molar-refractivity contribution in [2.24, 2.45) is 0 Å². The van der Waals surface area contributed by atoms with Gasteiger partial charge < -0.3 is 20.3 Å². The van der Waals surface area contributed by atoms with E-state index >= 15 is 0 Å². The zero-order valence-electron chi connectivity index (χ0n) is 53.4. The van der Waals surface area contributed by atoms with E-state index in [0.717, 1.165) is 51.4 Å². The zero-order valence-corrected chi connectivity index (χ0v) is 53.4. The molecule has 0 rings (SSSR count). The van der Waals surface area contributed by atoms with Gasteiger partial charge in [0, 0.05) is 12.8 Å². The Morgan fingerprint density at radius 1 is 0.342 bits per heavy atom. The van der Waals surface area contributed by atoms with Crippen LogP contribution in [0.1, 0.15) is 393 Å². The van der Waals surface area contributed by atoms with Crippen LogP contribution in [0.25, 0.3) is 0 Å². The zero-order chi connectivity index (χ0) is 57.1. The van der Waals surface area contributed by atoms with E-state index in [2.05, 4.69) is 43.5 Å². The minimum absolute atomic E-state index is 0.00295. The molecule has 0 spiro atoms. The minimum Gasteiger partial charge on any atom is -0.466 e. The van der Waals surface area contributed by atoms with Gasteiger partial charge in [0.05, 0.1) is 25.4 Å². The highest BCUT2D eigenvalue weighted by Gasteiger charge is 2.18.